The fourth-order valence-corrected chi connectivity index (χ4v) is 5.06. The van der Waals surface area contributed by atoms with Crippen LogP contribution in [0.4, 0.5) is 0 Å². The second kappa shape index (κ2) is 9.39. The molecular formula is C19H31N3O3S2. The van der Waals surface area contributed by atoms with Crippen LogP contribution in [0.2, 0.25) is 0 Å². The molecule has 0 radical (unpaired) electrons. The van der Waals surface area contributed by atoms with Crippen LogP contribution in [0.3, 0.4) is 0 Å². The topological polar surface area (TPSA) is 79.4 Å². The number of nitrogens with zero attached hydrogens (tertiary/aromatic N) is 2. The third-order valence-corrected chi connectivity index (χ3v) is 8.03. The standard InChI is InChI=1S/C19H31N3O3S2/c1-5-19(2,3)21-17(23)14-26-18-12-11-16(13-20-18)27(24,25)22(4)15-9-7-6-8-10-15/h11-13,15H,5-10,14H2,1-4H3,(H,21,23). The Morgan fingerprint density at radius 1 is 1.30 bits per heavy atom. The van der Waals surface area contributed by atoms with Crippen molar-refractivity contribution in [3.63, 3.8) is 0 Å². The fraction of sp³-hybridized carbons (Fsp3) is 0.684. The molecule has 0 spiro atoms. The van der Waals surface area contributed by atoms with Crippen molar-refractivity contribution in [3.8, 4) is 0 Å². The first-order valence-electron chi connectivity index (χ1n) is 9.53. The average Bonchev–Trinajstić information content (AvgIpc) is 2.66. The molecule has 0 bridgehead atoms. The molecule has 0 aliphatic heterocycles. The van der Waals surface area contributed by atoms with Crippen LogP contribution in [0.15, 0.2) is 28.3 Å². The van der Waals surface area contributed by atoms with Crippen molar-refractivity contribution in [1.29, 1.82) is 0 Å². The van der Waals surface area contributed by atoms with Gasteiger partial charge in [0.25, 0.3) is 0 Å². The number of aromatic nitrogens is 1. The number of carbonyl (C=O) groups excluding carboxylic acids is 1. The second-order valence-corrected chi connectivity index (χ2v) is 10.7. The zero-order valence-corrected chi connectivity index (χ0v) is 18.3. The lowest BCUT2D eigenvalue weighted by molar-refractivity contribution is -0.120. The molecule has 1 aromatic rings. The van der Waals surface area contributed by atoms with Crippen LogP contribution >= 0.6 is 11.8 Å². The van der Waals surface area contributed by atoms with Crippen molar-refractivity contribution in [2.75, 3.05) is 12.8 Å². The molecule has 0 unspecified atom stereocenters. The highest BCUT2D eigenvalue weighted by molar-refractivity contribution is 7.99. The van der Waals surface area contributed by atoms with Gasteiger partial charge < -0.3 is 5.32 Å². The monoisotopic (exact) mass is 413 g/mol. The lowest BCUT2D eigenvalue weighted by Gasteiger charge is -2.30. The Kier molecular flexibility index (Phi) is 7.71. The lowest BCUT2D eigenvalue weighted by atomic mass is 9.96. The summed E-state index contributed by atoms with van der Waals surface area (Å²) in [6, 6.07) is 3.32. The van der Waals surface area contributed by atoms with E-state index in [1.165, 1.54) is 28.7 Å². The van der Waals surface area contributed by atoms with Gasteiger partial charge in [-0.25, -0.2) is 13.4 Å². The fourth-order valence-electron chi connectivity index (χ4n) is 3.05. The minimum absolute atomic E-state index is 0.0534. The summed E-state index contributed by atoms with van der Waals surface area (Å²) in [5.41, 5.74) is -0.229. The molecule has 8 heteroatoms. The van der Waals surface area contributed by atoms with Crippen LogP contribution in [0.25, 0.3) is 0 Å². The van der Waals surface area contributed by atoms with Gasteiger partial charge >= 0.3 is 0 Å². The van der Waals surface area contributed by atoms with Crippen LogP contribution in [0, 0.1) is 0 Å². The number of carbonyl (C=O) groups is 1. The van der Waals surface area contributed by atoms with Crippen molar-refractivity contribution in [2.24, 2.45) is 0 Å². The third-order valence-electron chi connectivity index (χ3n) is 5.19. The van der Waals surface area contributed by atoms with Gasteiger partial charge in [-0.2, -0.15) is 4.31 Å². The van der Waals surface area contributed by atoms with E-state index in [0.717, 1.165) is 32.1 Å². The van der Waals surface area contributed by atoms with Crippen LogP contribution in [-0.4, -0.2) is 48.0 Å². The maximum Gasteiger partial charge on any atom is 0.244 e. The number of amides is 1. The Morgan fingerprint density at radius 2 is 1.96 bits per heavy atom. The normalized spacial score (nSPS) is 16.5. The Morgan fingerprint density at radius 3 is 2.52 bits per heavy atom. The lowest BCUT2D eigenvalue weighted by Crippen LogP contribution is -2.43. The zero-order valence-electron chi connectivity index (χ0n) is 16.7. The third kappa shape index (κ3) is 6.19. The molecule has 1 amide bonds. The molecule has 1 aromatic heterocycles. The van der Waals surface area contributed by atoms with E-state index in [1.807, 2.05) is 20.8 Å². The summed E-state index contributed by atoms with van der Waals surface area (Å²) in [6.07, 6.45) is 7.42. The van der Waals surface area contributed by atoms with Crippen molar-refractivity contribution >= 4 is 27.7 Å². The van der Waals surface area contributed by atoms with Gasteiger partial charge in [0.15, 0.2) is 0 Å². The SMILES string of the molecule is CCC(C)(C)NC(=O)CSc1ccc(S(=O)(=O)N(C)C2CCCCC2)cn1. The first-order chi connectivity index (χ1) is 12.7. The molecule has 0 saturated heterocycles. The van der Waals surface area contributed by atoms with E-state index < -0.39 is 10.0 Å². The summed E-state index contributed by atoms with van der Waals surface area (Å²) in [7, 11) is -1.87. The summed E-state index contributed by atoms with van der Waals surface area (Å²) in [5, 5.41) is 3.61. The number of thioether (sulfide) groups is 1. The number of hydrogen-bond donors (Lipinski definition) is 1. The molecule has 1 aliphatic rings. The van der Waals surface area contributed by atoms with E-state index in [0.29, 0.717) is 5.03 Å². The highest BCUT2D eigenvalue weighted by Crippen LogP contribution is 2.27. The molecule has 2 rings (SSSR count). The summed E-state index contributed by atoms with van der Waals surface area (Å²) in [5.74, 6) is 0.201. The van der Waals surface area contributed by atoms with Crippen LogP contribution in [0.5, 0.6) is 0 Å². The summed E-state index contributed by atoms with van der Waals surface area (Å²) < 4.78 is 27.1. The van der Waals surface area contributed by atoms with Gasteiger partial charge in [-0.05, 0) is 45.2 Å². The van der Waals surface area contributed by atoms with Gasteiger partial charge in [-0.1, -0.05) is 37.9 Å². The highest BCUT2D eigenvalue weighted by atomic mass is 32.2. The van der Waals surface area contributed by atoms with E-state index in [1.54, 1.807) is 19.2 Å². The molecule has 1 N–H and O–H groups in total. The zero-order chi connectivity index (χ0) is 20.1. The second-order valence-electron chi connectivity index (χ2n) is 7.72. The maximum atomic E-state index is 12.8. The number of sulfonamides is 1. The van der Waals surface area contributed by atoms with Gasteiger partial charge in [-0.3, -0.25) is 4.79 Å². The molecule has 0 atom stereocenters. The Balaban J connectivity index is 1.96. The maximum absolute atomic E-state index is 12.8. The highest BCUT2D eigenvalue weighted by Gasteiger charge is 2.29. The molecule has 1 heterocycles. The summed E-state index contributed by atoms with van der Waals surface area (Å²) in [4.78, 5) is 16.5. The summed E-state index contributed by atoms with van der Waals surface area (Å²) >= 11 is 1.30. The van der Waals surface area contributed by atoms with Gasteiger partial charge in [-0.15, -0.1) is 0 Å². The largest absolute Gasteiger partial charge is 0.351 e. The van der Waals surface area contributed by atoms with Crippen molar-refractivity contribution < 1.29 is 13.2 Å². The van der Waals surface area contributed by atoms with Gasteiger partial charge in [0.05, 0.1) is 10.8 Å². The van der Waals surface area contributed by atoms with Gasteiger partial charge in [0.1, 0.15) is 4.90 Å². The summed E-state index contributed by atoms with van der Waals surface area (Å²) in [6.45, 7) is 5.99. The molecular weight excluding hydrogens is 382 g/mol. The number of pyridine rings is 1. The molecule has 0 aromatic carbocycles. The average molecular weight is 414 g/mol. The number of hydrogen-bond acceptors (Lipinski definition) is 5. The van der Waals surface area contributed by atoms with E-state index in [-0.39, 0.29) is 28.1 Å². The quantitative estimate of drug-likeness (QED) is 0.661. The minimum Gasteiger partial charge on any atom is -0.351 e. The van der Waals surface area contributed by atoms with E-state index in [9.17, 15) is 13.2 Å². The van der Waals surface area contributed by atoms with Crippen LogP contribution < -0.4 is 5.32 Å². The number of rotatable bonds is 8. The van der Waals surface area contributed by atoms with Crippen molar-refractivity contribution in [2.45, 2.75) is 80.8 Å². The predicted octanol–water partition coefficient (Wildman–Crippen LogP) is 3.43. The Hall–Kier alpha value is -1.12. The Bertz CT molecular complexity index is 727. The molecule has 1 saturated carbocycles. The first kappa shape index (κ1) is 22.2. The smallest absolute Gasteiger partial charge is 0.244 e. The van der Waals surface area contributed by atoms with E-state index in [2.05, 4.69) is 10.3 Å². The van der Waals surface area contributed by atoms with Gasteiger partial charge in [0, 0.05) is 24.8 Å². The molecule has 152 valence electrons. The van der Waals surface area contributed by atoms with E-state index in [4.69, 9.17) is 0 Å². The molecule has 6 nitrogen and oxygen atoms in total. The molecule has 27 heavy (non-hydrogen) atoms. The first-order valence-corrected chi connectivity index (χ1v) is 12.0. The number of nitrogens with one attached hydrogen (secondary N) is 1. The van der Waals surface area contributed by atoms with Gasteiger partial charge in [0.2, 0.25) is 15.9 Å². The molecule has 1 fully saturated rings. The predicted molar refractivity (Wildman–Crippen MR) is 109 cm³/mol. The molecule has 1 aliphatic carbocycles. The van der Waals surface area contributed by atoms with Crippen LogP contribution in [-0.2, 0) is 14.8 Å². The Labute approximate surface area is 167 Å². The van der Waals surface area contributed by atoms with Crippen molar-refractivity contribution in [1.82, 2.24) is 14.6 Å². The van der Waals surface area contributed by atoms with Crippen LogP contribution in [0.1, 0.15) is 59.3 Å². The minimum atomic E-state index is -3.53. The van der Waals surface area contributed by atoms with E-state index >= 15 is 0 Å². The van der Waals surface area contributed by atoms with Crippen molar-refractivity contribution in [3.05, 3.63) is 18.3 Å².